The number of rotatable bonds is 5. The van der Waals surface area contributed by atoms with Gasteiger partial charge in [0.25, 0.3) is 0 Å². The van der Waals surface area contributed by atoms with Gasteiger partial charge in [-0.25, -0.2) is 0 Å². The minimum atomic E-state index is -0.488. The van der Waals surface area contributed by atoms with Crippen molar-refractivity contribution in [2.24, 2.45) is 5.10 Å². The summed E-state index contributed by atoms with van der Waals surface area (Å²) in [5.41, 5.74) is 0.468. The van der Waals surface area contributed by atoms with E-state index in [1.807, 2.05) is 5.01 Å². The fourth-order valence-corrected chi connectivity index (χ4v) is 2.48. The predicted octanol–water partition coefficient (Wildman–Crippen LogP) is 3.71. The summed E-state index contributed by atoms with van der Waals surface area (Å²) in [6.45, 7) is 2.66. The summed E-state index contributed by atoms with van der Waals surface area (Å²) < 4.78 is 10.9. The molecule has 0 N–H and O–H groups in total. The molecule has 0 spiro atoms. The van der Waals surface area contributed by atoms with E-state index >= 15 is 0 Å². The highest BCUT2D eigenvalue weighted by atomic mass is 35.5. The van der Waals surface area contributed by atoms with Crippen molar-refractivity contribution in [3.05, 3.63) is 63.2 Å². The van der Waals surface area contributed by atoms with Gasteiger partial charge in [-0.3, -0.25) is 15.1 Å². The summed E-state index contributed by atoms with van der Waals surface area (Å²) in [6, 6.07) is 11.5. The molecule has 1 aliphatic heterocycles. The molecule has 0 unspecified atom stereocenters. The van der Waals surface area contributed by atoms with Crippen molar-refractivity contribution >= 4 is 23.5 Å². The molecule has 0 aliphatic carbocycles. The average molecular weight is 362 g/mol. The van der Waals surface area contributed by atoms with Crippen LogP contribution in [-0.2, 0) is 4.74 Å². The van der Waals surface area contributed by atoms with Crippen LogP contribution in [0.5, 0.6) is 11.5 Å². The van der Waals surface area contributed by atoms with Crippen LogP contribution in [0.1, 0.15) is 5.56 Å². The molecular weight excluding hydrogens is 346 g/mol. The lowest BCUT2D eigenvalue weighted by Crippen LogP contribution is -2.32. The maximum atomic E-state index is 11.4. The zero-order chi connectivity index (χ0) is 17.6. The number of hydrogen-bond donors (Lipinski definition) is 0. The monoisotopic (exact) mass is 361 g/mol. The van der Waals surface area contributed by atoms with E-state index in [1.54, 1.807) is 42.6 Å². The number of para-hydroxylation sites is 1. The van der Waals surface area contributed by atoms with Gasteiger partial charge in [-0.2, -0.15) is 5.10 Å². The molecule has 0 radical (unpaired) electrons. The minimum absolute atomic E-state index is 0.127. The van der Waals surface area contributed by atoms with Gasteiger partial charge in [0.15, 0.2) is 0 Å². The summed E-state index contributed by atoms with van der Waals surface area (Å²) >= 11 is 6.04. The second-order valence-corrected chi connectivity index (χ2v) is 5.73. The van der Waals surface area contributed by atoms with E-state index in [2.05, 4.69) is 5.10 Å². The van der Waals surface area contributed by atoms with Gasteiger partial charge in [0.2, 0.25) is 5.75 Å². The molecule has 3 rings (SSSR count). The summed E-state index contributed by atoms with van der Waals surface area (Å²) in [5, 5.41) is 18.0. The van der Waals surface area contributed by atoms with E-state index in [-0.39, 0.29) is 11.4 Å². The number of nitro groups is 1. The summed E-state index contributed by atoms with van der Waals surface area (Å²) in [7, 11) is 0. The Morgan fingerprint density at radius 2 is 1.96 bits per heavy atom. The van der Waals surface area contributed by atoms with Gasteiger partial charge < -0.3 is 9.47 Å². The normalized spacial score (nSPS) is 14.7. The van der Waals surface area contributed by atoms with Crippen molar-refractivity contribution in [2.75, 3.05) is 26.3 Å². The third-order valence-electron chi connectivity index (χ3n) is 3.59. The molecule has 0 saturated carbocycles. The van der Waals surface area contributed by atoms with Gasteiger partial charge in [-0.15, -0.1) is 0 Å². The summed E-state index contributed by atoms with van der Waals surface area (Å²) in [4.78, 5) is 10.9. The molecule has 25 heavy (non-hydrogen) atoms. The van der Waals surface area contributed by atoms with Gasteiger partial charge in [0.1, 0.15) is 5.75 Å². The molecule has 130 valence electrons. The molecule has 0 amide bonds. The first-order valence-electron chi connectivity index (χ1n) is 7.71. The van der Waals surface area contributed by atoms with Crippen LogP contribution in [0.2, 0.25) is 5.02 Å². The molecule has 2 aromatic carbocycles. The number of halogens is 1. The SMILES string of the molecule is O=[N+]([O-])c1cc(C=NN2CCOCC2)ccc1Oc1ccccc1Cl. The van der Waals surface area contributed by atoms with Gasteiger partial charge in [0.05, 0.1) is 42.5 Å². The van der Waals surface area contributed by atoms with Crippen molar-refractivity contribution in [3.8, 4) is 11.5 Å². The number of nitro benzene ring substituents is 1. The van der Waals surface area contributed by atoms with E-state index < -0.39 is 4.92 Å². The molecule has 1 aliphatic rings. The topological polar surface area (TPSA) is 77.2 Å². The van der Waals surface area contributed by atoms with Crippen LogP contribution in [-0.4, -0.2) is 42.5 Å². The van der Waals surface area contributed by atoms with Crippen molar-refractivity contribution in [3.63, 3.8) is 0 Å². The second-order valence-electron chi connectivity index (χ2n) is 5.33. The molecule has 1 saturated heterocycles. The van der Waals surface area contributed by atoms with Crippen LogP contribution < -0.4 is 4.74 Å². The molecule has 7 nitrogen and oxygen atoms in total. The van der Waals surface area contributed by atoms with Crippen molar-refractivity contribution in [1.82, 2.24) is 5.01 Å². The van der Waals surface area contributed by atoms with Crippen LogP contribution in [0.3, 0.4) is 0 Å². The summed E-state index contributed by atoms with van der Waals surface area (Å²) in [6.07, 6.45) is 1.59. The number of hydrazone groups is 1. The minimum Gasteiger partial charge on any atom is -0.449 e. The fraction of sp³-hybridized carbons (Fsp3) is 0.235. The highest BCUT2D eigenvalue weighted by Crippen LogP contribution is 2.35. The average Bonchev–Trinajstić information content (AvgIpc) is 2.63. The van der Waals surface area contributed by atoms with E-state index in [0.29, 0.717) is 42.6 Å². The molecule has 0 bridgehead atoms. The van der Waals surface area contributed by atoms with E-state index in [9.17, 15) is 10.1 Å². The van der Waals surface area contributed by atoms with E-state index in [0.717, 1.165) is 0 Å². The Bertz CT molecular complexity index is 791. The Hall–Kier alpha value is -2.64. The first-order valence-corrected chi connectivity index (χ1v) is 8.09. The van der Waals surface area contributed by atoms with Gasteiger partial charge in [-0.05, 0) is 24.3 Å². The van der Waals surface area contributed by atoms with Crippen molar-refractivity contribution in [1.29, 1.82) is 0 Å². The molecule has 8 heteroatoms. The number of benzene rings is 2. The van der Waals surface area contributed by atoms with E-state index in [1.165, 1.54) is 6.07 Å². The Kier molecular flexibility index (Phi) is 5.47. The highest BCUT2D eigenvalue weighted by molar-refractivity contribution is 6.32. The van der Waals surface area contributed by atoms with Crippen LogP contribution in [0.4, 0.5) is 5.69 Å². The Labute approximate surface area is 149 Å². The third-order valence-corrected chi connectivity index (χ3v) is 3.91. The largest absolute Gasteiger partial charge is 0.449 e. The van der Waals surface area contributed by atoms with Crippen LogP contribution >= 0.6 is 11.6 Å². The number of nitrogens with zero attached hydrogens (tertiary/aromatic N) is 3. The molecule has 0 atom stereocenters. The Balaban J connectivity index is 1.82. The van der Waals surface area contributed by atoms with E-state index in [4.69, 9.17) is 21.1 Å². The van der Waals surface area contributed by atoms with Crippen LogP contribution in [0, 0.1) is 10.1 Å². The quantitative estimate of drug-likeness (QED) is 0.461. The molecule has 2 aromatic rings. The van der Waals surface area contributed by atoms with Gasteiger partial charge in [-0.1, -0.05) is 23.7 Å². The molecule has 1 heterocycles. The second kappa shape index (κ2) is 7.96. The lowest BCUT2D eigenvalue weighted by atomic mass is 10.2. The maximum Gasteiger partial charge on any atom is 0.312 e. The van der Waals surface area contributed by atoms with Crippen LogP contribution in [0.15, 0.2) is 47.6 Å². The maximum absolute atomic E-state index is 11.4. The first-order chi connectivity index (χ1) is 12.1. The molecule has 0 aromatic heterocycles. The lowest BCUT2D eigenvalue weighted by molar-refractivity contribution is -0.385. The lowest BCUT2D eigenvalue weighted by Gasteiger charge is -2.23. The zero-order valence-electron chi connectivity index (χ0n) is 13.3. The van der Waals surface area contributed by atoms with Crippen molar-refractivity contribution in [2.45, 2.75) is 0 Å². The van der Waals surface area contributed by atoms with Gasteiger partial charge in [0, 0.05) is 11.6 Å². The standard InChI is InChI=1S/C17H16ClN3O4/c18-14-3-1-2-4-16(14)25-17-6-5-13(11-15(17)21(22)23)12-19-20-7-9-24-10-8-20/h1-6,11-12H,7-10H2. The number of hydrogen-bond acceptors (Lipinski definition) is 6. The number of ether oxygens (including phenoxy) is 2. The predicted molar refractivity (Wildman–Crippen MR) is 94.6 cm³/mol. The first kappa shape index (κ1) is 17.2. The fourth-order valence-electron chi connectivity index (χ4n) is 2.31. The molecule has 1 fully saturated rings. The van der Waals surface area contributed by atoms with Gasteiger partial charge >= 0.3 is 5.69 Å². The van der Waals surface area contributed by atoms with Crippen molar-refractivity contribution < 1.29 is 14.4 Å². The third kappa shape index (κ3) is 4.46. The molecular formula is C17H16ClN3O4. The zero-order valence-corrected chi connectivity index (χ0v) is 14.1. The smallest absolute Gasteiger partial charge is 0.312 e. The van der Waals surface area contributed by atoms with Crippen LogP contribution in [0.25, 0.3) is 0 Å². The number of morpholine rings is 1. The summed E-state index contributed by atoms with van der Waals surface area (Å²) in [5.74, 6) is 0.489. The Morgan fingerprint density at radius 3 is 2.68 bits per heavy atom. The highest BCUT2D eigenvalue weighted by Gasteiger charge is 2.17. The Morgan fingerprint density at radius 1 is 1.20 bits per heavy atom.